The normalized spacial score (nSPS) is 40.6. The third kappa shape index (κ3) is 4.98. The Kier molecular flexibility index (Phi) is 7.82. The summed E-state index contributed by atoms with van der Waals surface area (Å²) in [4.78, 5) is 0. The first-order valence-electron chi connectivity index (χ1n) is 14.0. The zero-order valence-corrected chi connectivity index (χ0v) is 21.9. The summed E-state index contributed by atoms with van der Waals surface area (Å²) in [5, 5.41) is 10.2. The molecule has 0 amide bonds. The Hall–Kier alpha value is -1.29. The van der Waals surface area contributed by atoms with Gasteiger partial charge in [0.25, 0.3) is 0 Å². The lowest BCUT2D eigenvalue weighted by molar-refractivity contribution is -0.205. The van der Waals surface area contributed by atoms with E-state index in [1.54, 1.807) is 6.08 Å². The molecule has 8 unspecified atom stereocenters. The maximum absolute atomic E-state index is 14.5. The highest BCUT2D eigenvalue weighted by molar-refractivity contribution is 5.26. The van der Waals surface area contributed by atoms with Crippen molar-refractivity contribution in [3.8, 4) is 0 Å². The third-order valence-corrected chi connectivity index (χ3v) is 10.7. The van der Waals surface area contributed by atoms with E-state index in [1.165, 1.54) is 5.57 Å². The van der Waals surface area contributed by atoms with Gasteiger partial charge in [0, 0.05) is 0 Å². The molecule has 1 N–H and O–H groups in total. The minimum absolute atomic E-state index is 0.126. The number of halogens is 3. The number of aliphatic hydroxyl groups is 1. The van der Waals surface area contributed by atoms with E-state index in [9.17, 15) is 18.3 Å². The van der Waals surface area contributed by atoms with Gasteiger partial charge in [0.2, 0.25) is 0 Å². The van der Waals surface area contributed by atoms with Crippen molar-refractivity contribution < 1.29 is 18.3 Å². The lowest BCUT2D eigenvalue weighted by Gasteiger charge is -2.58. The van der Waals surface area contributed by atoms with Gasteiger partial charge >= 0.3 is 6.18 Å². The lowest BCUT2D eigenvalue weighted by Crippen LogP contribution is -2.51. The maximum atomic E-state index is 14.5. The van der Waals surface area contributed by atoms with E-state index in [2.05, 4.69) is 26.5 Å². The monoisotopic (exact) mass is 490 g/mol. The molecule has 0 spiro atoms. The van der Waals surface area contributed by atoms with Gasteiger partial charge in [-0.15, -0.1) is 0 Å². The number of alkyl halides is 3. The third-order valence-electron chi connectivity index (χ3n) is 10.7. The number of allylic oxidation sites excluding steroid dienone is 6. The summed E-state index contributed by atoms with van der Waals surface area (Å²) in [6, 6.07) is 0. The zero-order valence-electron chi connectivity index (χ0n) is 21.9. The van der Waals surface area contributed by atoms with Crippen LogP contribution in [-0.2, 0) is 0 Å². The van der Waals surface area contributed by atoms with Crippen LogP contribution in [0.25, 0.3) is 0 Å². The predicted molar refractivity (Wildman–Crippen MR) is 138 cm³/mol. The molecule has 3 fully saturated rings. The van der Waals surface area contributed by atoms with E-state index >= 15 is 0 Å². The van der Waals surface area contributed by atoms with Crippen molar-refractivity contribution in [3.05, 3.63) is 48.1 Å². The van der Waals surface area contributed by atoms with Crippen LogP contribution in [0.15, 0.2) is 48.1 Å². The van der Waals surface area contributed by atoms with Gasteiger partial charge in [0.15, 0.2) is 0 Å². The molecule has 0 saturated heterocycles. The molecule has 4 aliphatic rings. The Labute approximate surface area is 210 Å². The number of fused-ring (bicyclic) bond motifs is 5. The predicted octanol–water partition coefficient (Wildman–Crippen LogP) is 8.96. The van der Waals surface area contributed by atoms with Crippen molar-refractivity contribution in [1.29, 1.82) is 0 Å². The van der Waals surface area contributed by atoms with E-state index in [0.717, 1.165) is 56.9 Å². The van der Waals surface area contributed by atoms with E-state index < -0.39 is 12.1 Å². The zero-order chi connectivity index (χ0) is 25.4. The molecule has 0 bridgehead atoms. The second kappa shape index (κ2) is 10.2. The average molecular weight is 491 g/mol. The van der Waals surface area contributed by atoms with Gasteiger partial charge in [-0.3, -0.25) is 0 Å². The van der Waals surface area contributed by atoms with Crippen molar-refractivity contribution in [2.75, 3.05) is 0 Å². The lowest BCUT2D eigenvalue weighted by atomic mass is 9.47. The Morgan fingerprint density at radius 2 is 1.94 bits per heavy atom. The van der Waals surface area contributed by atoms with Crippen molar-refractivity contribution in [1.82, 2.24) is 0 Å². The maximum Gasteiger partial charge on any atom is 0.392 e. The molecular formula is C31H45F3O. The van der Waals surface area contributed by atoms with Gasteiger partial charge in [0.05, 0.1) is 12.0 Å². The molecule has 1 nitrogen and oxygen atoms in total. The topological polar surface area (TPSA) is 20.2 Å². The summed E-state index contributed by atoms with van der Waals surface area (Å²) in [7, 11) is 0. The molecule has 4 aliphatic carbocycles. The Morgan fingerprint density at radius 3 is 2.63 bits per heavy atom. The fourth-order valence-electron chi connectivity index (χ4n) is 8.84. The highest BCUT2D eigenvalue weighted by Gasteiger charge is 2.62. The van der Waals surface area contributed by atoms with E-state index in [0.29, 0.717) is 30.6 Å². The fraction of sp³-hybridized carbons (Fsp3) is 0.742. The SMILES string of the molecule is C=C/C(=C\C=C/CC)CCC(C1CCC2C3CC=C4CC(O)CCC4(C)C3CCC21C)C(F)(F)F. The van der Waals surface area contributed by atoms with E-state index in [1.807, 2.05) is 25.2 Å². The molecule has 3 saturated carbocycles. The Balaban J connectivity index is 1.55. The number of hydrogen-bond donors (Lipinski definition) is 1. The van der Waals surface area contributed by atoms with Crippen LogP contribution in [0.1, 0.15) is 91.4 Å². The molecule has 0 aromatic rings. The number of aliphatic hydroxyl groups excluding tert-OH is 1. The van der Waals surface area contributed by atoms with Crippen molar-refractivity contribution in [2.24, 2.45) is 40.4 Å². The van der Waals surface area contributed by atoms with Crippen LogP contribution in [0.3, 0.4) is 0 Å². The highest BCUT2D eigenvalue weighted by Crippen LogP contribution is 2.68. The summed E-state index contributed by atoms with van der Waals surface area (Å²) in [6.07, 6.45) is 14.3. The van der Waals surface area contributed by atoms with Crippen LogP contribution in [0, 0.1) is 40.4 Å². The highest BCUT2D eigenvalue weighted by atomic mass is 19.4. The smallest absolute Gasteiger partial charge is 0.392 e. The first-order chi connectivity index (χ1) is 16.5. The second-order valence-electron chi connectivity index (χ2n) is 12.4. The van der Waals surface area contributed by atoms with Gasteiger partial charge < -0.3 is 5.11 Å². The van der Waals surface area contributed by atoms with Gasteiger partial charge in [0.1, 0.15) is 0 Å². The largest absolute Gasteiger partial charge is 0.393 e. The summed E-state index contributed by atoms with van der Waals surface area (Å²) < 4.78 is 43.6. The molecule has 0 heterocycles. The van der Waals surface area contributed by atoms with Crippen molar-refractivity contribution in [3.63, 3.8) is 0 Å². The number of hydrogen-bond acceptors (Lipinski definition) is 1. The summed E-state index contributed by atoms with van der Waals surface area (Å²) in [5.74, 6) is -0.129. The minimum atomic E-state index is -4.17. The summed E-state index contributed by atoms with van der Waals surface area (Å²) in [6.45, 7) is 10.5. The van der Waals surface area contributed by atoms with E-state index in [-0.39, 0.29) is 29.3 Å². The van der Waals surface area contributed by atoms with Crippen LogP contribution in [-0.4, -0.2) is 17.4 Å². The molecule has 0 aliphatic heterocycles. The number of rotatable bonds is 7. The molecule has 196 valence electrons. The second-order valence-corrected chi connectivity index (χ2v) is 12.4. The molecular weight excluding hydrogens is 445 g/mol. The van der Waals surface area contributed by atoms with Crippen molar-refractivity contribution in [2.45, 2.75) is 104 Å². The van der Waals surface area contributed by atoms with Crippen molar-refractivity contribution >= 4 is 0 Å². The van der Waals surface area contributed by atoms with Gasteiger partial charge in [-0.25, -0.2) is 0 Å². The average Bonchev–Trinajstić information content (AvgIpc) is 3.14. The quantitative estimate of drug-likeness (QED) is 0.279. The molecule has 4 rings (SSSR count). The first kappa shape index (κ1) is 26.8. The van der Waals surface area contributed by atoms with Crippen LogP contribution in [0.5, 0.6) is 0 Å². The summed E-state index contributed by atoms with van der Waals surface area (Å²) in [5.41, 5.74) is 2.20. The van der Waals surface area contributed by atoms with Crippen LogP contribution in [0.4, 0.5) is 13.2 Å². The van der Waals surface area contributed by atoms with Crippen LogP contribution in [0.2, 0.25) is 0 Å². The Bertz CT molecular complexity index is 867. The molecule has 35 heavy (non-hydrogen) atoms. The van der Waals surface area contributed by atoms with Crippen LogP contribution >= 0.6 is 0 Å². The Morgan fingerprint density at radius 1 is 1.17 bits per heavy atom. The van der Waals surface area contributed by atoms with Gasteiger partial charge in [-0.2, -0.15) is 13.2 Å². The van der Waals surface area contributed by atoms with Crippen LogP contribution < -0.4 is 0 Å². The minimum Gasteiger partial charge on any atom is -0.393 e. The molecule has 0 radical (unpaired) electrons. The summed E-state index contributed by atoms with van der Waals surface area (Å²) >= 11 is 0. The molecule has 0 aromatic carbocycles. The van der Waals surface area contributed by atoms with Gasteiger partial charge in [-0.05, 0) is 111 Å². The first-order valence-corrected chi connectivity index (χ1v) is 14.0. The molecule has 0 aromatic heterocycles. The molecule has 8 atom stereocenters. The standard InChI is InChI=1S/C31H45F3O/c1-5-7-8-9-21(6-2)10-13-28(31(32,33)34)27-15-14-25-24-12-11-22-20-23(35)16-18-29(22,3)26(24)17-19-30(25,27)4/h6-9,11,23-28,35H,2,5,10,12-20H2,1,3-4H3/b8-7-,21-9+. The van der Waals surface area contributed by atoms with Gasteiger partial charge in [-0.1, -0.05) is 63.3 Å². The van der Waals surface area contributed by atoms with E-state index in [4.69, 9.17) is 0 Å². The fourth-order valence-corrected chi connectivity index (χ4v) is 8.84. The molecule has 4 heteroatoms.